The molecule has 0 spiro atoms. The number of ether oxygens (including phenoxy) is 1. The summed E-state index contributed by atoms with van der Waals surface area (Å²) in [6.45, 7) is 5.08. The Labute approximate surface area is 112 Å². The number of hydrogen-bond acceptors (Lipinski definition) is 1. The van der Waals surface area contributed by atoms with Crippen LogP contribution in [0.4, 0.5) is 0 Å². The molecule has 0 bridgehead atoms. The van der Waals surface area contributed by atoms with Gasteiger partial charge < -0.3 is 4.74 Å². The molecule has 1 atom stereocenters. The Hall–Kier alpha value is -1.26. The molecule has 0 radical (unpaired) electrons. The number of rotatable bonds is 8. The molecule has 0 N–H and O–H groups in total. The summed E-state index contributed by atoms with van der Waals surface area (Å²) in [5, 5.41) is 0. The molecule has 1 aromatic rings. The van der Waals surface area contributed by atoms with E-state index in [1.165, 1.54) is 24.0 Å². The van der Waals surface area contributed by atoms with Crippen molar-refractivity contribution in [2.24, 2.45) is 0 Å². The van der Waals surface area contributed by atoms with E-state index in [2.05, 4.69) is 44.0 Å². The van der Waals surface area contributed by atoms with E-state index in [1.54, 1.807) is 0 Å². The number of aryl methyl sites for hydroxylation is 1. The van der Waals surface area contributed by atoms with Gasteiger partial charge in [-0.25, -0.2) is 0 Å². The molecule has 98 valence electrons. The maximum atomic E-state index is 5.98. The van der Waals surface area contributed by atoms with E-state index in [1.807, 2.05) is 0 Å². The van der Waals surface area contributed by atoms with Gasteiger partial charge in [0, 0.05) is 13.0 Å². The highest BCUT2D eigenvalue weighted by molar-refractivity contribution is 5.23. The lowest BCUT2D eigenvalue weighted by atomic mass is 10.0. The van der Waals surface area contributed by atoms with E-state index in [9.17, 15) is 0 Å². The Kier molecular flexibility index (Phi) is 7.22. The van der Waals surface area contributed by atoms with Crippen molar-refractivity contribution in [2.75, 3.05) is 6.61 Å². The zero-order valence-corrected chi connectivity index (χ0v) is 11.6. The molecule has 1 rings (SSSR count). The van der Waals surface area contributed by atoms with Crippen molar-refractivity contribution in [1.29, 1.82) is 0 Å². The summed E-state index contributed by atoms with van der Waals surface area (Å²) in [6, 6.07) is 8.66. The molecular weight excluding hydrogens is 220 g/mol. The van der Waals surface area contributed by atoms with Gasteiger partial charge in [-0.2, -0.15) is 0 Å². The van der Waals surface area contributed by atoms with Crippen LogP contribution in [-0.4, -0.2) is 6.61 Å². The fourth-order valence-electron chi connectivity index (χ4n) is 1.92. The summed E-state index contributed by atoms with van der Waals surface area (Å²) in [5.74, 6) is 2.65. The van der Waals surface area contributed by atoms with Gasteiger partial charge in [0.15, 0.2) is 0 Å². The number of hydrogen-bond donors (Lipinski definition) is 0. The van der Waals surface area contributed by atoms with Gasteiger partial charge in [-0.1, -0.05) is 49.6 Å². The third-order valence-corrected chi connectivity index (χ3v) is 3.05. The maximum absolute atomic E-state index is 5.98. The molecule has 0 aromatic heterocycles. The molecule has 0 aliphatic heterocycles. The zero-order chi connectivity index (χ0) is 13.2. The first-order valence-electron chi connectivity index (χ1n) is 6.89. The zero-order valence-electron chi connectivity index (χ0n) is 11.6. The molecule has 1 aromatic carbocycles. The van der Waals surface area contributed by atoms with Crippen LogP contribution in [0.3, 0.4) is 0 Å². The second kappa shape index (κ2) is 8.78. The first kappa shape index (κ1) is 14.8. The fourth-order valence-corrected chi connectivity index (χ4v) is 1.92. The normalized spacial score (nSPS) is 12.1. The van der Waals surface area contributed by atoms with E-state index >= 15 is 0 Å². The highest BCUT2D eigenvalue weighted by atomic mass is 16.5. The van der Waals surface area contributed by atoms with Crippen LogP contribution in [0.5, 0.6) is 0 Å². The first-order valence-corrected chi connectivity index (χ1v) is 6.89. The average Bonchev–Trinajstić information content (AvgIpc) is 2.39. The number of terminal acetylenes is 1. The van der Waals surface area contributed by atoms with Crippen LogP contribution in [0.2, 0.25) is 0 Å². The lowest BCUT2D eigenvalue weighted by Crippen LogP contribution is -2.06. The topological polar surface area (TPSA) is 9.23 Å². The third kappa shape index (κ3) is 5.38. The molecule has 0 saturated heterocycles. The molecule has 1 unspecified atom stereocenters. The largest absolute Gasteiger partial charge is 0.373 e. The van der Waals surface area contributed by atoms with Gasteiger partial charge in [0.1, 0.15) is 0 Å². The predicted octanol–water partition coefficient (Wildman–Crippen LogP) is 4.66. The van der Waals surface area contributed by atoms with Gasteiger partial charge in [-0.15, -0.1) is 12.3 Å². The highest BCUT2D eigenvalue weighted by Crippen LogP contribution is 2.24. The van der Waals surface area contributed by atoms with Gasteiger partial charge in [-0.05, 0) is 25.3 Å². The van der Waals surface area contributed by atoms with Crippen LogP contribution in [0.15, 0.2) is 24.3 Å². The van der Waals surface area contributed by atoms with Gasteiger partial charge >= 0.3 is 0 Å². The van der Waals surface area contributed by atoms with E-state index < -0.39 is 0 Å². The molecule has 18 heavy (non-hydrogen) atoms. The van der Waals surface area contributed by atoms with Gasteiger partial charge in [0.05, 0.1) is 6.10 Å². The maximum Gasteiger partial charge on any atom is 0.0824 e. The predicted molar refractivity (Wildman–Crippen MR) is 77.5 cm³/mol. The summed E-state index contributed by atoms with van der Waals surface area (Å²) >= 11 is 0. The summed E-state index contributed by atoms with van der Waals surface area (Å²) in [4.78, 5) is 0. The summed E-state index contributed by atoms with van der Waals surface area (Å²) in [6.07, 6.45) is 10.7. The molecule has 1 nitrogen and oxygen atoms in total. The molecule has 0 amide bonds. The van der Waals surface area contributed by atoms with Crippen molar-refractivity contribution >= 4 is 0 Å². The standard InChI is InChI=1S/C17H24O/c1-4-6-8-14-18-17(9-7-5-2)16-12-10-15(3)11-13-16/h1,10-13,17H,5-9,14H2,2-3H3. The molecule has 0 fully saturated rings. The quantitative estimate of drug-likeness (QED) is 0.477. The smallest absolute Gasteiger partial charge is 0.0824 e. The molecular formula is C17H24O. The molecule has 0 aliphatic carbocycles. The summed E-state index contributed by atoms with van der Waals surface area (Å²) in [7, 11) is 0. The lowest BCUT2D eigenvalue weighted by Gasteiger charge is -2.18. The van der Waals surface area contributed by atoms with Crippen molar-refractivity contribution in [1.82, 2.24) is 0 Å². The summed E-state index contributed by atoms with van der Waals surface area (Å²) < 4.78 is 5.98. The lowest BCUT2D eigenvalue weighted by molar-refractivity contribution is 0.0441. The van der Waals surface area contributed by atoms with E-state index in [4.69, 9.17) is 11.2 Å². The van der Waals surface area contributed by atoms with Gasteiger partial charge in [-0.3, -0.25) is 0 Å². The average molecular weight is 244 g/mol. The van der Waals surface area contributed by atoms with Gasteiger partial charge in [0.2, 0.25) is 0 Å². The first-order chi connectivity index (χ1) is 8.77. The number of benzene rings is 1. The second-order valence-corrected chi connectivity index (χ2v) is 4.72. The molecule has 0 heterocycles. The molecule has 1 heteroatoms. The van der Waals surface area contributed by atoms with Crippen LogP contribution < -0.4 is 0 Å². The van der Waals surface area contributed by atoms with Crippen molar-refractivity contribution in [3.63, 3.8) is 0 Å². The van der Waals surface area contributed by atoms with E-state index in [0.29, 0.717) is 0 Å². The van der Waals surface area contributed by atoms with Crippen LogP contribution in [-0.2, 0) is 4.74 Å². The van der Waals surface area contributed by atoms with Crippen LogP contribution >= 0.6 is 0 Å². The Morgan fingerprint density at radius 1 is 1.22 bits per heavy atom. The van der Waals surface area contributed by atoms with Crippen molar-refractivity contribution in [2.45, 2.75) is 52.1 Å². The summed E-state index contributed by atoms with van der Waals surface area (Å²) in [5.41, 5.74) is 2.58. The van der Waals surface area contributed by atoms with Gasteiger partial charge in [0.25, 0.3) is 0 Å². The Balaban J connectivity index is 2.54. The van der Waals surface area contributed by atoms with Crippen molar-refractivity contribution in [3.05, 3.63) is 35.4 Å². The number of unbranched alkanes of at least 4 members (excludes halogenated alkanes) is 2. The van der Waals surface area contributed by atoms with E-state index in [-0.39, 0.29) is 6.10 Å². The fraction of sp³-hybridized carbons (Fsp3) is 0.529. The minimum absolute atomic E-state index is 0.225. The molecule has 0 saturated carbocycles. The Morgan fingerprint density at radius 2 is 1.94 bits per heavy atom. The van der Waals surface area contributed by atoms with E-state index in [0.717, 1.165) is 25.9 Å². The molecule has 0 aliphatic rings. The van der Waals surface area contributed by atoms with Crippen LogP contribution in [0.25, 0.3) is 0 Å². The minimum Gasteiger partial charge on any atom is -0.373 e. The third-order valence-electron chi connectivity index (χ3n) is 3.05. The minimum atomic E-state index is 0.225. The monoisotopic (exact) mass is 244 g/mol. The van der Waals surface area contributed by atoms with Crippen molar-refractivity contribution in [3.8, 4) is 12.3 Å². The van der Waals surface area contributed by atoms with Crippen LogP contribution in [0.1, 0.15) is 56.3 Å². The Morgan fingerprint density at radius 3 is 2.56 bits per heavy atom. The highest BCUT2D eigenvalue weighted by Gasteiger charge is 2.10. The second-order valence-electron chi connectivity index (χ2n) is 4.72. The Bertz CT molecular complexity index is 358. The van der Waals surface area contributed by atoms with Crippen molar-refractivity contribution < 1.29 is 4.74 Å². The SMILES string of the molecule is C#CCCCOC(CCCC)c1ccc(C)cc1. The van der Waals surface area contributed by atoms with Crippen LogP contribution in [0, 0.1) is 19.3 Å².